The van der Waals surface area contributed by atoms with Gasteiger partial charge in [0.05, 0.1) is 6.04 Å². The normalized spacial score (nSPS) is 13.2. The van der Waals surface area contributed by atoms with Crippen molar-refractivity contribution in [3.05, 3.63) is 70.7 Å². The molecule has 0 spiro atoms. The lowest BCUT2D eigenvalue weighted by atomic mass is 10.0. The minimum atomic E-state index is -0.627. The van der Waals surface area contributed by atoms with Crippen LogP contribution in [0.5, 0.6) is 0 Å². The molecule has 2 unspecified atom stereocenters. The second-order valence-corrected chi connectivity index (χ2v) is 6.72. The molecule has 2 aromatic carbocycles. The number of carbonyl (C=O) groups is 2. The van der Waals surface area contributed by atoms with Crippen molar-refractivity contribution < 1.29 is 9.59 Å². The minimum Gasteiger partial charge on any atom is -0.348 e. The number of rotatable bonds is 6. The number of benzene rings is 2. The molecule has 0 aliphatic heterocycles. The van der Waals surface area contributed by atoms with Crippen LogP contribution in [-0.2, 0) is 4.79 Å². The second kappa shape index (κ2) is 8.67. The molecule has 4 nitrogen and oxygen atoms in total. The summed E-state index contributed by atoms with van der Waals surface area (Å²) >= 11 is 6.19. The summed E-state index contributed by atoms with van der Waals surface area (Å²) in [6, 6.07) is 15.4. The van der Waals surface area contributed by atoms with Crippen LogP contribution >= 0.6 is 11.6 Å². The molecule has 25 heavy (non-hydrogen) atoms. The van der Waals surface area contributed by atoms with E-state index in [-0.39, 0.29) is 23.8 Å². The van der Waals surface area contributed by atoms with E-state index < -0.39 is 6.04 Å². The Morgan fingerprint density at radius 1 is 0.880 bits per heavy atom. The number of carbonyl (C=O) groups excluding carboxylic acids is 2. The van der Waals surface area contributed by atoms with Gasteiger partial charge < -0.3 is 10.6 Å². The second-order valence-electron chi connectivity index (χ2n) is 6.31. The van der Waals surface area contributed by atoms with Gasteiger partial charge >= 0.3 is 0 Å². The Balaban J connectivity index is 2.08. The van der Waals surface area contributed by atoms with Crippen molar-refractivity contribution in [1.82, 2.24) is 10.6 Å². The van der Waals surface area contributed by atoms with Gasteiger partial charge in [0.15, 0.2) is 0 Å². The molecule has 0 aliphatic rings. The van der Waals surface area contributed by atoms with Gasteiger partial charge in [-0.3, -0.25) is 9.59 Å². The molecule has 0 bridgehead atoms. The lowest BCUT2D eigenvalue weighted by Crippen LogP contribution is -2.50. The highest BCUT2D eigenvalue weighted by molar-refractivity contribution is 6.31. The zero-order valence-electron chi connectivity index (χ0n) is 14.6. The molecule has 132 valence electrons. The SMILES string of the molecule is CC(NC(=O)C(NC(=O)c1ccccc1)C(C)C)c1ccccc1Cl. The molecule has 2 atom stereocenters. The summed E-state index contributed by atoms with van der Waals surface area (Å²) in [7, 11) is 0. The van der Waals surface area contributed by atoms with Gasteiger partial charge in [-0.2, -0.15) is 0 Å². The zero-order chi connectivity index (χ0) is 18.4. The number of hydrogen-bond acceptors (Lipinski definition) is 2. The van der Waals surface area contributed by atoms with Crippen molar-refractivity contribution in [2.24, 2.45) is 5.92 Å². The summed E-state index contributed by atoms with van der Waals surface area (Å²) in [6.07, 6.45) is 0. The molecule has 5 heteroatoms. The van der Waals surface area contributed by atoms with E-state index in [0.29, 0.717) is 10.6 Å². The van der Waals surface area contributed by atoms with E-state index in [1.165, 1.54) is 0 Å². The van der Waals surface area contributed by atoms with E-state index in [1.54, 1.807) is 30.3 Å². The maximum atomic E-state index is 12.7. The molecule has 2 rings (SSSR count). The molecule has 0 saturated heterocycles. The van der Waals surface area contributed by atoms with Gasteiger partial charge in [0.25, 0.3) is 5.91 Å². The first kappa shape index (κ1) is 19.0. The van der Waals surface area contributed by atoms with Gasteiger partial charge in [0, 0.05) is 10.6 Å². The average molecular weight is 359 g/mol. The molecule has 2 amide bonds. The smallest absolute Gasteiger partial charge is 0.251 e. The Kier molecular flexibility index (Phi) is 6.59. The number of hydrogen-bond donors (Lipinski definition) is 2. The fourth-order valence-corrected chi connectivity index (χ4v) is 2.86. The van der Waals surface area contributed by atoms with Gasteiger partial charge in [0.2, 0.25) is 5.91 Å². The first-order valence-corrected chi connectivity index (χ1v) is 8.68. The standard InChI is InChI=1S/C20H23ClN2O2/c1-13(2)18(23-19(24)15-9-5-4-6-10-15)20(25)22-14(3)16-11-7-8-12-17(16)21/h4-14,18H,1-3H3,(H,22,25)(H,23,24). The van der Waals surface area contributed by atoms with Gasteiger partial charge in [-0.05, 0) is 36.6 Å². The van der Waals surface area contributed by atoms with Gasteiger partial charge in [-0.15, -0.1) is 0 Å². The van der Waals surface area contributed by atoms with Crippen LogP contribution in [0.1, 0.15) is 42.7 Å². The van der Waals surface area contributed by atoms with Crippen LogP contribution in [0, 0.1) is 5.92 Å². The Morgan fingerprint density at radius 2 is 1.48 bits per heavy atom. The van der Waals surface area contributed by atoms with Crippen molar-refractivity contribution in [1.29, 1.82) is 0 Å². The minimum absolute atomic E-state index is 0.0499. The quantitative estimate of drug-likeness (QED) is 0.820. The molecular weight excluding hydrogens is 336 g/mol. The molecule has 0 fully saturated rings. The molecule has 0 aliphatic carbocycles. The largest absolute Gasteiger partial charge is 0.348 e. The van der Waals surface area contributed by atoms with E-state index in [0.717, 1.165) is 5.56 Å². The van der Waals surface area contributed by atoms with E-state index in [1.807, 2.05) is 45.0 Å². The predicted molar refractivity (Wildman–Crippen MR) is 101 cm³/mol. The molecule has 2 aromatic rings. The first-order chi connectivity index (χ1) is 11.9. The molecule has 2 N–H and O–H groups in total. The van der Waals surface area contributed by atoms with Crippen molar-refractivity contribution >= 4 is 23.4 Å². The third-order valence-corrected chi connectivity index (χ3v) is 4.35. The lowest BCUT2D eigenvalue weighted by molar-refractivity contribution is -0.124. The summed E-state index contributed by atoms with van der Waals surface area (Å²) in [5, 5.41) is 6.36. The monoisotopic (exact) mass is 358 g/mol. The summed E-state index contributed by atoms with van der Waals surface area (Å²) in [5.41, 5.74) is 1.37. The van der Waals surface area contributed by atoms with Crippen LogP contribution in [0.4, 0.5) is 0 Å². The van der Waals surface area contributed by atoms with E-state index >= 15 is 0 Å². The van der Waals surface area contributed by atoms with E-state index in [2.05, 4.69) is 10.6 Å². The lowest BCUT2D eigenvalue weighted by Gasteiger charge is -2.24. The van der Waals surface area contributed by atoms with Crippen LogP contribution < -0.4 is 10.6 Å². The van der Waals surface area contributed by atoms with Crippen LogP contribution in [0.2, 0.25) is 5.02 Å². The first-order valence-electron chi connectivity index (χ1n) is 8.31. The van der Waals surface area contributed by atoms with Gasteiger partial charge in [-0.25, -0.2) is 0 Å². The number of halogens is 1. The molecular formula is C20H23ClN2O2. The fraction of sp³-hybridized carbons (Fsp3) is 0.300. The van der Waals surface area contributed by atoms with Gasteiger partial charge in [0.1, 0.15) is 6.04 Å². The van der Waals surface area contributed by atoms with Gasteiger partial charge in [-0.1, -0.05) is 61.8 Å². The maximum absolute atomic E-state index is 12.7. The Bertz CT molecular complexity index is 731. The Hall–Kier alpha value is -2.33. The summed E-state index contributed by atoms with van der Waals surface area (Å²) < 4.78 is 0. The highest BCUT2D eigenvalue weighted by atomic mass is 35.5. The topological polar surface area (TPSA) is 58.2 Å². The highest BCUT2D eigenvalue weighted by Gasteiger charge is 2.26. The Morgan fingerprint density at radius 3 is 2.08 bits per heavy atom. The molecule has 0 saturated carbocycles. The molecule has 0 aromatic heterocycles. The van der Waals surface area contributed by atoms with Crippen molar-refractivity contribution in [3.8, 4) is 0 Å². The summed E-state index contributed by atoms with van der Waals surface area (Å²) in [5.74, 6) is -0.544. The third-order valence-electron chi connectivity index (χ3n) is 4.00. The molecule has 0 radical (unpaired) electrons. The number of amides is 2. The number of nitrogens with one attached hydrogen (secondary N) is 2. The maximum Gasteiger partial charge on any atom is 0.251 e. The van der Waals surface area contributed by atoms with Crippen molar-refractivity contribution in [3.63, 3.8) is 0 Å². The van der Waals surface area contributed by atoms with Crippen LogP contribution in [0.15, 0.2) is 54.6 Å². The average Bonchev–Trinajstić information content (AvgIpc) is 2.60. The third kappa shape index (κ3) is 5.07. The van der Waals surface area contributed by atoms with Crippen molar-refractivity contribution in [2.75, 3.05) is 0 Å². The fourth-order valence-electron chi connectivity index (χ4n) is 2.56. The highest BCUT2D eigenvalue weighted by Crippen LogP contribution is 2.22. The van der Waals surface area contributed by atoms with Crippen LogP contribution in [0.3, 0.4) is 0 Å². The zero-order valence-corrected chi connectivity index (χ0v) is 15.4. The van der Waals surface area contributed by atoms with Crippen LogP contribution in [0.25, 0.3) is 0 Å². The summed E-state index contributed by atoms with van der Waals surface area (Å²) in [4.78, 5) is 25.0. The van der Waals surface area contributed by atoms with Crippen LogP contribution in [-0.4, -0.2) is 17.9 Å². The molecule has 0 heterocycles. The predicted octanol–water partition coefficient (Wildman–Crippen LogP) is 3.97. The van der Waals surface area contributed by atoms with E-state index in [9.17, 15) is 9.59 Å². The Labute approximate surface area is 153 Å². The van der Waals surface area contributed by atoms with E-state index in [4.69, 9.17) is 11.6 Å². The van der Waals surface area contributed by atoms with Crippen molar-refractivity contribution in [2.45, 2.75) is 32.9 Å². The summed E-state index contributed by atoms with van der Waals surface area (Å²) in [6.45, 7) is 5.67.